The van der Waals surface area contributed by atoms with Crippen molar-refractivity contribution in [1.82, 2.24) is 0 Å². The third-order valence-corrected chi connectivity index (χ3v) is 5.53. The van der Waals surface area contributed by atoms with Gasteiger partial charge in [0.05, 0.1) is 0 Å². The first-order chi connectivity index (χ1) is 15.1. The maximum atomic E-state index is 6.30. The van der Waals surface area contributed by atoms with Crippen LogP contribution in [0.25, 0.3) is 21.5 Å². The zero-order chi connectivity index (χ0) is 21.2. The molecule has 0 aliphatic heterocycles. The number of rotatable bonds is 5. The van der Waals surface area contributed by atoms with E-state index in [-0.39, 0.29) is 0 Å². The van der Waals surface area contributed by atoms with E-state index in [1.54, 1.807) is 0 Å². The summed E-state index contributed by atoms with van der Waals surface area (Å²) in [5.41, 5.74) is 3.37. The molecule has 5 rings (SSSR count). The van der Waals surface area contributed by atoms with Crippen molar-refractivity contribution in [1.29, 1.82) is 0 Å². The molecule has 0 saturated heterocycles. The van der Waals surface area contributed by atoms with E-state index in [1.165, 1.54) is 32.7 Å². The van der Waals surface area contributed by atoms with Crippen LogP contribution in [0.1, 0.15) is 23.0 Å². The van der Waals surface area contributed by atoms with Gasteiger partial charge in [-0.25, -0.2) is 0 Å². The van der Waals surface area contributed by atoms with Crippen molar-refractivity contribution in [3.8, 4) is 11.5 Å². The molecule has 0 bridgehead atoms. The third kappa shape index (κ3) is 4.24. The zero-order valence-corrected chi connectivity index (χ0v) is 17.7. The molecular weight excluding hydrogens is 380 g/mol. The lowest BCUT2D eigenvalue weighted by Gasteiger charge is -2.21. The number of fused-ring (bicyclic) bond motifs is 2. The topological polar surface area (TPSA) is 18.5 Å². The first kappa shape index (κ1) is 19.2. The Hall–Kier alpha value is -3.78. The van der Waals surface area contributed by atoms with E-state index in [1.807, 2.05) is 48.5 Å². The molecule has 2 heteroatoms. The van der Waals surface area contributed by atoms with Gasteiger partial charge in [-0.3, -0.25) is 0 Å². The van der Waals surface area contributed by atoms with E-state index in [0.717, 1.165) is 17.1 Å². The van der Waals surface area contributed by atoms with E-state index in [4.69, 9.17) is 9.47 Å². The van der Waals surface area contributed by atoms with Gasteiger partial charge < -0.3 is 9.47 Å². The van der Waals surface area contributed by atoms with Crippen molar-refractivity contribution >= 4 is 21.5 Å². The summed E-state index contributed by atoms with van der Waals surface area (Å²) in [6.45, 7) is 4.13. The third-order valence-electron chi connectivity index (χ3n) is 5.53. The van der Waals surface area contributed by atoms with Gasteiger partial charge in [0, 0.05) is 5.56 Å². The molecule has 0 atom stereocenters. The molecule has 0 spiro atoms. The SMILES string of the molecule is Cc1ccc(OC(Oc2ccc(C)cc2)c2ccc3cc4ccccc4cc3c2)cc1. The van der Waals surface area contributed by atoms with Gasteiger partial charge in [0.2, 0.25) is 0 Å². The smallest absolute Gasteiger partial charge is 0.267 e. The molecule has 31 heavy (non-hydrogen) atoms. The second-order valence-electron chi connectivity index (χ2n) is 8.00. The predicted molar refractivity (Wildman–Crippen MR) is 128 cm³/mol. The minimum absolute atomic E-state index is 0.554. The summed E-state index contributed by atoms with van der Waals surface area (Å²) in [4.78, 5) is 0. The molecule has 152 valence electrons. The Morgan fingerprint density at radius 3 is 1.52 bits per heavy atom. The van der Waals surface area contributed by atoms with E-state index < -0.39 is 6.29 Å². The quantitative estimate of drug-likeness (QED) is 0.220. The zero-order valence-electron chi connectivity index (χ0n) is 17.7. The number of aryl methyl sites for hydroxylation is 2. The Balaban J connectivity index is 1.54. The van der Waals surface area contributed by atoms with Crippen LogP contribution >= 0.6 is 0 Å². The fourth-order valence-electron chi connectivity index (χ4n) is 3.75. The number of ether oxygens (including phenoxy) is 2. The molecule has 0 amide bonds. The Labute approximate surface area is 182 Å². The molecule has 0 radical (unpaired) electrons. The summed E-state index contributed by atoms with van der Waals surface area (Å²) in [5, 5.41) is 4.84. The maximum absolute atomic E-state index is 6.30. The Kier molecular flexibility index (Phi) is 5.05. The van der Waals surface area contributed by atoms with Crippen LogP contribution in [0.15, 0.2) is 103 Å². The first-order valence-corrected chi connectivity index (χ1v) is 10.5. The molecular formula is C29H24O2. The first-order valence-electron chi connectivity index (χ1n) is 10.5. The summed E-state index contributed by atoms with van der Waals surface area (Å²) in [6.07, 6.45) is -0.554. The maximum Gasteiger partial charge on any atom is 0.267 e. The number of benzene rings is 5. The average Bonchev–Trinajstić information content (AvgIpc) is 2.79. The van der Waals surface area contributed by atoms with Gasteiger partial charge in [0.1, 0.15) is 11.5 Å². The van der Waals surface area contributed by atoms with E-state index >= 15 is 0 Å². The molecule has 0 saturated carbocycles. The fourth-order valence-corrected chi connectivity index (χ4v) is 3.75. The van der Waals surface area contributed by atoms with Gasteiger partial charge in [0.25, 0.3) is 6.29 Å². The van der Waals surface area contributed by atoms with Crippen LogP contribution in [0, 0.1) is 13.8 Å². The molecule has 0 aliphatic rings. The average molecular weight is 405 g/mol. The molecule has 0 aliphatic carbocycles. The fraction of sp³-hybridized carbons (Fsp3) is 0.103. The van der Waals surface area contributed by atoms with Crippen molar-refractivity contribution < 1.29 is 9.47 Å². The Bertz CT molecular complexity index is 1290. The van der Waals surface area contributed by atoms with Crippen molar-refractivity contribution in [2.75, 3.05) is 0 Å². The monoisotopic (exact) mass is 404 g/mol. The van der Waals surface area contributed by atoms with Crippen LogP contribution in [0.3, 0.4) is 0 Å². The summed E-state index contributed by atoms with van der Waals surface area (Å²) >= 11 is 0. The highest BCUT2D eigenvalue weighted by atomic mass is 16.7. The van der Waals surface area contributed by atoms with Gasteiger partial charge in [0.15, 0.2) is 0 Å². The van der Waals surface area contributed by atoms with Gasteiger partial charge >= 0.3 is 0 Å². The second kappa shape index (κ2) is 8.16. The lowest BCUT2D eigenvalue weighted by atomic mass is 10.0. The molecule has 0 fully saturated rings. The Morgan fingerprint density at radius 2 is 0.968 bits per heavy atom. The summed E-state index contributed by atoms with van der Waals surface area (Å²) in [6, 6.07) is 35.4. The van der Waals surface area contributed by atoms with E-state index in [2.05, 4.69) is 68.4 Å². The van der Waals surface area contributed by atoms with Gasteiger partial charge in [-0.1, -0.05) is 71.8 Å². The minimum atomic E-state index is -0.554. The molecule has 5 aromatic carbocycles. The molecule has 0 aromatic heterocycles. The molecule has 0 N–H and O–H groups in total. The van der Waals surface area contributed by atoms with Crippen molar-refractivity contribution in [2.24, 2.45) is 0 Å². The second-order valence-corrected chi connectivity index (χ2v) is 8.00. The predicted octanol–water partition coefficient (Wildman–Crippen LogP) is 7.77. The van der Waals surface area contributed by atoms with E-state index in [9.17, 15) is 0 Å². The molecule has 2 nitrogen and oxygen atoms in total. The number of hydrogen-bond acceptors (Lipinski definition) is 2. The summed E-state index contributed by atoms with van der Waals surface area (Å²) < 4.78 is 12.6. The minimum Gasteiger partial charge on any atom is -0.451 e. The van der Waals surface area contributed by atoms with Crippen LogP contribution in [-0.2, 0) is 0 Å². The van der Waals surface area contributed by atoms with Crippen molar-refractivity contribution in [3.05, 3.63) is 120 Å². The van der Waals surface area contributed by atoms with Crippen LogP contribution < -0.4 is 9.47 Å². The van der Waals surface area contributed by atoms with Crippen LogP contribution in [-0.4, -0.2) is 0 Å². The Morgan fingerprint density at radius 1 is 0.484 bits per heavy atom. The normalized spacial score (nSPS) is 11.2. The van der Waals surface area contributed by atoms with E-state index in [0.29, 0.717) is 0 Å². The van der Waals surface area contributed by atoms with Crippen molar-refractivity contribution in [2.45, 2.75) is 20.1 Å². The van der Waals surface area contributed by atoms with Gasteiger partial charge in [-0.2, -0.15) is 0 Å². The van der Waals surface area contributed by atoms with Crippen LogP contribution in [0.5, 0.6) is 11.5 Å². The molecule has 0 unspecified atom stereocenters. The highest BCUT2D eigenvalue weighted by molar-refractivity contribution is 5.98. The lowest BCUT2D eigenvalue weighted by Crippen LogP contribution is -2.15. The largest absolute Gasteiger partial charge is 0.451 e. The standard InChI is InChI=1S/C29H24O2/c1-20-7-13-27(14-8-20)30-29(31-28-15-9-21(2)10-16-28)25-12-11-24-17-22-5-3-4-6-23(22)18-26(24)19-25/h3-19,29H,1-2H3. The van der Waals surface area contributed by atoms with Crippen molar-refractivity contribution in [3.63, 3.8) is 0 Å². The van der Waals surface area contributed by atoms with Gasteiger partial charge in [-0.05, 0) is 77.9 Å². The summed E-state index contributed by atoms with van der Waals surface area (Å²) in [7, 11) is 0. The van der Waals surface area contributed by atoms with Crippen LogP contribution in [0.4, 0.5) is 0 Å². The molecule has 0 heterocycles. The van der Waals surface area contributed by atoms with Gasteiger partial charge in [-0.15, -0.1) is 0 Å². The highest BCUT2D eigenvalue weighted by Crippen LogP contribution is 2.30. The highest BCUT2D eigenvalue weighted by Gasteiger charge is 2.17. The molecule has 5 aromatic rings. The lowest BCUT2D eigenvalue weighted by molar-refractivity contribution is 0.00390. The number of hydrogen-bond donors (Lipinski definition) is 0. The van der Waals surface area contributed by atoms with Crippen LogP contribution in [0.2, 0.25) is 0 Å². The summed E-state index contributed by atoms with van der Waals surface area (Å²) in [5.74, 6) is 1.56.